The summed E-state index contributed by atoms with van der Waals surface area (Å²) in [5, 5.41) is 32.0. The molecule has 2 aliphatic heterocycles. The Labute approximate surface area is 246 Å². The molecule has 4 heterocycles. The second-order valence-electron chi connectivity index (χ2n) is 9.90. The zero-order valence-corrected chi connectivity index (χ0v) is 23.3. The Morgan fingerprint density at radius 3 is 2.48 bits per heavy atom. The number of carbonyl (C=O) groups excluding carboxylic acids is 2. The summed E-state index contributed by atoms with van der Waals surface area (Å²) in [6.07, 6.45) is 6.49. The first-order valence-corrected chi connectivity index (χ1v) is 13.7. The number of nitrogens with zero attached hydrogens (tertiary/aromatic N) is 5. The number of aromatic nitrogens is 4. The van der Waals surface area contributed by atoms with Crippen molar-refractivity contribution in [1.82, 2.24) is 19.5 Å². The smallest absolute Gasteiger partial charge is 0.373 e. The lowest BCUT2D eigenvalue weighted by molar-refractivity contribution is -0.191. The van der Waals surface area contributed by atoms with E-state index < -0.39 is 36.1 Å². The maximum atomic E-state index is 11.9. The second kappa shape index (κ2) is 13.8. The van der Waals surface area contributed by atoms with E-state index in [1.54, 1.807) is 24.3 Å². The molecule has 0 saturated carbocycles. The summed E-state index contributed by atoms with van der Waals surface area (Å²) in [6, 6.07) is 9.02. The van der Waals surface area contributed by atoms with Gasteiger partial charge in [0.25, 0.3) is 0 Å². The highest BCUT2D eigenvalue weighted by Crippen LogP contribution is 2.39. The van der Waals surface area contributed by atoms with Crippen molar-refractivity contribution in [2.24, 2.45) is 0 Å². The van der Waals surface area contributed by atoms with Crippen LogP contribution in [0.2, 0.25) is 5.28 Å². The lowest BCUT2D eigenvalue weighted by atomic mass is 9.93. The number of carboxylic acid groups (broad SMARTS) is 1. The van der Waals surface area contributed by atoms with Gasteiger partial charge in [0.2, 0.25) is 5.28 Å². The summed E-state index contributed by atoms with van der Waals surface area (Å²) in [5.74, 6) is 1.63. The molecule has 1 unspecified atom stereocenters. The van der Waals surface area contributed by atoms with Gasteiger partial charge in [0, 0.05) is 19.5 Å². The SMILES string of the molecule is C#C[C@@]1(O)[C@@H](COC(Cc2ccccc2)C(=O)O)O[C@@H](n2cnc3c(N4CCCCCC4)nc(Cl)nc32)[C@@H]1O.O=C=O. The van der Waals surface area contributed by atoms with Crippen LogP contribution in [0.3, 0.4) is 0 Å². The van der Waals surface area contributed by atoms with Crippen molar-refractivity contribution in [1.29, 1.82) is 0 Å². The maximum Gasteiger partial charge on any atom is 0.373 e. The average molecular weight is 600 g/mol. The van der Waals surface area contributed by atoms with Crippen LogP contribution in [0.25, 0.3) is 11.2 Å². The standard InChI is InChI=1S/C27H30ClN5O6.CO2/c1-2-27(37)19(15-38-18(25(35)36)14-17-10-6-5-7-11-17)39-24(21(27)34)33-16-29-20-22(30-26(28)31-23(20)33)32-12-8-3-4-9-13-32;2-1-3/h1,5-7,10-11,16,18-19,21,24,34,37H,3-4,8-9,12-15H2,(H,35,36);/t18?,19-,21+,24-,27-;/m1./s1. The monoisotopic (exact) mass is 599 g/mol. The molecular weight excluding hydrogens is 570 g/mol. The number of carboxylic acids is 1. The summed E-state index contributed by atoms with van der Waals surface area (Å²) < 4.78 is 13.1. The van der Waals surface area contributed by atoms with Crippen molar-refractivity contribution < 1.29 is 39.2 Å². The summed E-state index contributed by atoms with van der Waals surface area (Å²) in [7, 11) is 0. The number of terminal acetylenes is 1. The van der Waals surface area contributed by atoms with Crippen LogP contribution in [-0.4, -0.2) is 90.6 Å². The van der Waals surface area contributed by atoms with E-state index in [2.05, 4.69) is 25.8 Å². The van der Waals surface area contributed by atoms with Gasteiger partial charge in [-0.05, 0) is 30.0 Å². The molecule has 0 spiro atoms. The van der Waals surface area contributed by atoms with Crippen LogP contribution in [0.1, 0.15) is 37.5 Å². The van der Waals surface area contributed by atoms with Gasteiger partial charge >= 0.3 is 12.1 Å². The van der Waals surface area contributed by atoms with Gasteiger partial charge in [-0.3, -0.25) is 4.57 Å². The fourth-order valence-corrected chi connectivity index (χ4v) is 5.29. The Morgan fingerprint density at radius 1 is 1.19 bits per heavy atom. The first-order chi connectivity index (χ1) is 20.2. The average Bonchev–Trinajstić information content (AvgIpc) is 3.35. The van der Waals surface area contributed by atoms with Gasteiger partial charge < -0.3 is 29.7 Å². The number of carbonyl (C=O) groups is 1. The Balaban J connectivity index is 0.00000129. The minimum absolute atomic E-state index is 0.00768. The lowest BCUT2D eigenvalue weighted by Crippen LogP contribution is -2.48. The lowest BCUT2D eigenvalue weighted by Gasteiger charge is -2.26. The normalized spacial score (nSPS) is 24.6. The summed E-state index contributed by atoms with van der Waals surface area (Å²) in [6.45, 7) is 1.24. The molecule has 2 fully saturated rings. The minimum atomic E-state index is -2.17. The zero-order valence-electron chi connectivity index (χ0n) is 22.5. The number of hydrogen-bond donors (Lipinski definition) is 3. The molecule has 0 aliphatic carbocycles. The fraction of sp³-hybridized carbons (Fsp3) is 0.464. The van der Waals surface area contributed by atoms with Crippen LogP contribution in [-0.2, 0) is 30.3 Å². The molecule has 13 nitrogen and oxygen atoms in total. The van der Waals surface area contributed by atoms with Crippen LogP contribution < -0.4 is 4.90 Å². The molecule has 14 heteroatoms. The molecular formula is C28H30ClN5O8. The van der Waals surface area contributed by atoms with E-state index in [-0.39, 0.29) is 24.5 Å². The van der Waals surface area contributed by atoms with Crippen molar-refractivity contribution in [3.8, 4) is 12.3 Å². The molecule has 2 aliphatic rings. The van der Waals surface area contributed by atoms with Gasteiger partial charge in [-0.1, -0.05) is 49.1 Å². The van der Waals surface area contributed by atoms with Crippen LogP contribution in [0.15, 0.2) is 36.7 Å². The molecule has 0 bridgehead atoms. The predicted molar refractivity (Wildman–Crippen MR) is 147 cm³/mol. The van der Waals surface area contributed by atoms with E-state index in [0.29, 0.717) is 17.0 Å². The molecule has 42 heavy (non-hydrogen) atoms. The van der Waals surface area contributed by atoms with Gasteiger partial charge in [-0.15, -0.1) is 6.42 Å². The van der Waals surface area contributed by atoms with E-state index in [9.17, 15) is 20.1 Å². The number of fused-ring (bicyclic) bond motifs is 1. The zero-order chi connectivity index (χ0) is 30.3. The van der Waals surface area contributed by atoms with Crippen LogP contribution in [0.5, 0.6) is 0 Å². The second-order valence-corrected chi connectivity index (χ2v) is 10.2. The number of benzene rings is 1. The Bertz CT molecular complexity index is 1450. The van der Waals surface area contributed by atoms with Gasteiger partial charge in [-0.25, -0.2) is 9.78 Å². The Kier molecular flexibility index (Phi) is 10.2. The van der Waals surface area contributed by atoms with Gasteiger partial charge in [-0.2, -0.15) is 19.6 Å². The van der Waals surface area contributed by atoms with Crippen molar-refractivity contribution in [2.75, 3.05) is 24.6 Å². The third-order valence-corrected chi connectivity index (χ3v) is 7.46. The number of aliphatic hydroxyl groups excluding tert-OH is 1. The van der Waals surface area contributed by atoms with Gasteiger partial charge in [0.1, 0.15) is 12.2 Å². The van der Waals surface area contributed by atoms with E-state index in [0.717, 1.165) is 44.3 Å². The summed E-state index contributed by atoms with van der Waals surface area (Å²) in [5.41, 5.74) is -0.604. The molecule has 2 aromatic heterocycles. The highest BCUT2D eigenvalue weighted by Gasteiger charge is 2.56. The van der Waals surface area contributed by atoms with E-state index >= 15 is 0 Å². The number of aliphatic carboxylic acids is 1. The Hall–Kier alpha value is -3.89. The van der Waals surface area contributed by atoms with Crippen molar-refractivity contribution >= 4 is 40.7 Å². The van der Waals surface area contributed by atoms with Crippen LogP contribution >= 0.6 is 11.6 Å². The number of hydrogen-bond acceptors (Lipinski definition) is 11. The number of rotatable bonds is 8. The molecule has 1 aromatic carbocycles. The number of anilines is 1. The van der Waals surface area contributed by atoms with E-state index in [1.807, 2.05) is 6.07 Å². The van der Waals surface area contributed by atoms with Crippen LogP contribution in [0.4, 0.5) is 5.82 Å². The van der Waals surface area contributed by atoms with Crippen molar-refractivity contribution in [3.63, 3.8) is 0 Å². The molecule has 3 aromatic rings. The number of ether oxygens (including phenoxy) is 2. The quantitative estimate of drug-likeness (QED) is 0.252. The topological polar surface area (TPSA) is 177 Å². The third kappa shape index (κ3) is 6.60. The number of imidazole rings is 1. The highest BCUT2D eigenvalue weighted by atomic mass is 35.5. The van der Waals surface area contributed by atoms with Crippen molar-refractivity contribution in [2.45, 2.75) is 62.2 Å². The molecule has 0 radical (unpaired) electrons. The Morgan fingerprint density at radius 2 is 1.86 bits per heavy atom. The first kappa shape index (κ1) is 31.1. The number of halogens is 1. The van der Waals surface area contributed by atoms with E-state index in [4.69, 9.17) is 37.1 Å². The number of aliphatic hydroxyl groups is 2. The minimum Gasteiger partial charge on any atom is -0.479 e. The molecule has 5 rings (SSSR count). The summed E-state index contributed by atoms with van der Waals surface area (Å²) >= 11 is 6.30. The van der Waals surface area contributed by atoms with E-state index in [1.165, 1.54) is 10.9 Å². The van der Waals surface area contributed by atoms with Gasteiger partial charge in [0.05, 0.1) is 12.9 Å². The first-order valence-electron chi connectivity index (χ1n) is 13.3. The fourth-order valence-electron chi connectivity index (χ4n) is 5.13. The maximum absolute atomic E-state index is 11.9. The largest absolute Gasteiger partial charge is 0.479 e. The molecule has 3 N–H and O–H groups in total. The van der Waals surface area contributed by atoms with Gasteiger partial charge in [0.15, 0.2) is 34.9 Å². The molecule has 0 amide bonds. The van der Waals surface area contributed by atoms with Crippen LogP contribution in [0, 0.1) is 12.3 Å². The van der Waals surface area contributed by atoms with Crippen molar-refractivity contribution in [3.05, 3.63) is 47.5 Å². The molecule has 222 valence electrons. The third-order valence-electron chi connectivity index (χ3n) is 7.29. The highest BCUT2D eigenvalue weighted by molar-refractivity contribution is 6.28. The predicted octanol–water partition coefficient (Wildman–Crippen LogP) is 1.61. The molecule has 2 saturated heterocycles. The summed E-state index contributed by atoms with van der Waals surface area (Å²) in [4.78, 5) is 43.5. The molecule has 5 atom stereocenters.